The Bertz CT molecular complexity index is 893. The number of likely N-dealkylation sites (tertiary alicyclic amines) is 1. The third kappa shape index (κ3) is 3.85. The Kier molecular flexibility index (Phi) is 5.53. The molecule has 0 bridgehead atoms. The van der Waals surface area contributed by atoms with Gasteiger partial charge in [0, 0.05) is 36.0 Å². The number of nitrogens with one attached hydrogen (secondary N) is 1. The van der Waals surface area contributed by atoms with Crippen LogP contribution in [0.5, 0.6) is 0 Å². The first-order valence-electron chi connectivity index (χ1n) is 9.84. The third-order valence-corrected chi connectivity index (χ3v) is 5.71. The smallest absolute Gasteiger partial charge is 0.255 e. The fourth-order valence-electron chi connectivity index (χ4n) is 3.98. The molecule has 0 spiro atoms. The zero-order chi connectivity index (χ0) is 19.5. The van der Waals surface area contributed by atoms with Gasteiger partial charge in [0.25, 0.3) is 5.91 Å². The van der Waals surface area contributed by atoms with E-state index in [9.17, 15) is 9.59 Å². The molecule has 2 aromatic carbocycles. The highest BCUT2D eigenvalue weighted by molar-refractivity contribution is 6.31. The number of rotatable bonds is 4. The highest BCUT2D eigenvalue weighted by atomic mass is 35.5. The van der Waals surface area contributed by atoms with Gasteiger partial charge in [-0.2, -0.15) is 0 Å². The monoisotopic (exact) mass is 397 g/mol. The number of hydrogen-bond donors (Lipinski definition) is 1. The van der Waals surface area contributed by atoms with Gasteiger partial charge in [-0.1, -0.05) is 29.8 Å². The van der Waals surface area contributed by atoms with Gasteiger partial charge >= 0.3 is 0 Å². The van der Waals surface area contributed by atoms with Crippen molar-refractivity contribution in [2.75, 3.05) is 36.4 Å². The second-order valence-electron chi connectivity index (χ2n) is 7.32. The van der Waals surface area contributed by atoms with Crippen LogP contribution in [-0.4, -0.2) is 42.9 Å². The summed E-state index contributed by atoms with van der Waals surface area (Å²) >= 11 is 6.16. The molecule has 0 aliphatic carbocycles. The minimum Gasteiger partial charge on any atom is -0.375 e. The van der Waals surface area contributed by atoms with Crippen LogP contribution in [0, 0.1) is 0 Å². The molecule has 0 aromatic heterocycles. The Hall–Kier alpha value is -2.53. The number of para-hydroxylation sites is 1. The number of nitrogens with zero attached hydrogens (tertiary/aromatic N) is 2. The van der Waals surface area contributed by atoms with Crippen molar-refractivity contribution in [2.45, 2.75) is 25.7 Å². The average Bonchev–Trinajstić information content (AvgIpc) is 3.16. The molecule has 0 radical (unpaired) electrons. The summed E-state index contributed by atoms with van der Waals surface area (Å²) in [7, 11) is 0. The molecule has 146 valence electrons. The number of anilines is 2. The molecule has 0 saturated carbocycles. The zero-order valence-electron chi connectivity index (χ0n) is 15.8. The number of fused-ring (bicyclic) bond motifs is 1. The summed E-state index contributed by atoms with van der Waals surface area (Å²) in [6.45, 7) is 2.37. The molecule has 0 atom stereocenters. The topological polar surface area (TPSA) is 52.7 Å². The minimum absolute atomic E-state index is 0.00201. The van der Waals surface area contributed by atoms with Gasteiger partial charge < -0.3 is 15.1 Å². The first-order chi connectivity index (χ1) is 13.6. The second kappa shape index (κ2) is 8.23. The van der Waals surface area contributed by atoms with Gasteiger partial charge in [0.05, 0.1) is 12.1 Å². The Labute approximate surface area is 170 Å². The maximum Gasteiger partial charge on any atom is 0.255 e. The van der Waals surface area contributed by atoms with Gasteiger partial charge in [-0.15, -0.1) is 0 Å². The van der Waals surface area contributed by atoms with E-state index in [1.807, 2.05) is 23.1 Å². The van der Waals surface area contributed by atoms with Crippen LogP contribution >= 0.6 is 11.6 Å². The Morgan fingerprint density at radius 2 is 1.79 bits per heavy atom. The van der Waals surface area contributed by atoms with Crippen molar-refractivity contribution in [2.24, 2.45) is 0 Å². The van der Waals surface area contributed by atoms with E-state index < -0.39 is 0 Å². The molecule has 1 N–H and O–H groups in total. The Morgan fingerprint density at radius 3 is 2.61 bits per heavy atom. The van der Waals surface area contributed by atoms with E-state index in [1.165, 1.54) is 12.0 Å². The fourth-order valence-corrected chi connectivity index (χ4v) is 4.15. The molecule has 2 aliphatic rings. The van der Waals surface area contributed by atoms with Crippen molar-refractivity contribution >= 4 is 34.8 Å². The summed E-state index contributed by atoms with van der Waals surface area (Å²) in [6, 6.07) is 13.2. The van der Waals surface area contributed by atoms with E-state index in [-0.39, 0.29) is 18.4 Å². The number of hydrogen-bond acceptors (Lipinski definition) is 3. The van der Waals surface area contributed by atoms with E-state index in [1.54, 1.807) is 23.1 Å². The summed E-state index contributed by atoms with van der Waals surface area (Å²) < 4.78 is 0. The lowest BCUT2D eigenvalue weighted by Crippen LogP contribution is -2.37. The lowest BCUT2D eigenvalue weighted by atomic mass is 10.1. The normalized spacial score (nSPS) is 16.0. The molecule has 0 unspecified atom stereocenters. The van der Waals surface area contributed by atoms with Gasteiger partial charge in [0.15, 0.2) is 0 Å². The summed E-state index contributed by atoms with van der Waals surface area (Å²) in [5.41, 5.74) is 3.36. The largest absolute Gasteiger partial charge is 0.375 e. The molecular formula is C22H24ClN3O2. The van der Waals surface area contributed by atoms with E-state index in [0.29, 0.717) is 22.8 Å². The molecular weight excluding hydrogens is 374 g/mol. The quantitative estimate of drug-likeness (QED) is 0.849. The standard InChI is InChI=1S/C22H24ClN3O2/c23-17-8-9-18(22(28)25-11-4-1-5-12-25)19(14-17)24-15-21(27)26-13-10-16-6-2-3-7-20(16)26/h2-3,6-9,14,24H,1,4-5,10-13,15H2. The number of amides is 2. The molecule has 28 heavy (non-hydrogen) atoms. The van der Waals surface area contributed by atoms with Crippen molar-refractivity contribution in [3.63, 3.8) is 0 Å². The number of piperidine rings is 1. The highest BCUT2D eigenvalue weighted by Crippen LogP contribution is 2.28. The number of halogens is 1. The van der Waals surface area contributed by atoms with Crippen molar-refractivity contribution in [1.82, 2.24) is 4.90 Å². The van der Waals surface area contributed by atoms with Gasteiger partial charge in [0.1, 0.15) is 0 Å². The summed E-state index contributed by atoms with van der Waals surface area (Å²) in [5.74, 6) is -0.0147. The van der Waals surface area contributed by atoms with Crippen LogP contribution in [0.1, 0.15) is 35.2 Å². The van der Waals surface area contributed by atoms with Crippen molar-refractivity contribution in [3.05, 3.63) is 58.6 Å². The maximum atomic E-state index is 12.9. The van der Waals surface area contributed by atoms with E-state index >= 15 is 0 Å². The van der Waals surface area contributed by atoms with E-state index in [4.69, 9.17) is 11.6 Å². The summed E-state index contributed by atoms with van der Waals surface area (Å²) in [5, 5.41) is 3.70. The van der Waals surface area contributed by atoms with Crippen LogP contribution < -0.4 is 10.2 Å². The number of carbonyl (C=O) groups excluding carboxylic acids is 2. The van der Waals surface area contributed by atoms with Crippen LogP contribution in [0.25, 0.3) is 0 Å². The van der Waals surface area contributed by atoms with Crippen LogP contribution in [-0.2, 0) is 11.2 Å². The highest BCUT2D eigenvalue weighted by Gasteiger charge is 2.25. The Balaban J connectivity index is 1.48. The molecule has 1 fully saturated rings. The average molecular weight is 398 g/mol. The number of carbonyl (C=O) groups is 2. The predicted octanol–water partition coefficient (Wildman–Crippen LogP) is 3.97. The summed E-state index contributed by atoms with van der Waals surface area (Å²) in [6.07, 6.45) is 4.11. The molecule has 5 nitrogen and oxygen atoms in total. The first kappa shape index (κ1) is 18.8. The van der Waals surface area contributed by atoms with Crippen molar-refractivity contribution in [3.8, 4) is 0 Å². The van der Waals surface area contributed by atoms with Gasteiger partial charge in [0.2, 0.25) is 5.91 Å². The lowest BCUT2D eigenvalue weighted by molar-refractivity contribution is -0.116. The van der Waals surface area contributed by atoms with E-state index in [0.717, 1.165) is 38.0 Å². The predicted molar refractivity (Wildman–Crippen MR) is 112 cm³/mol. The van der Waals surface area contributed by atoms with Gasteiger partial charge in [-0.05, 0) is 55.5 Å². The van der Waals surface area contributed by atoms with Crippen LogP contribution in [0.3, 0.4) is 0 Å². The Morgan fingerprint density at radius 1 is 1.00 bits per heavy atom. The molecule has 2 aromatic rings. The van der Waals surface area contributed by atoms with Crippen molar-refractivity contribution < 1.29 is 9.59 Å². The third-order valence-electron chi connectivity index (χ3n) is 5.47. The SMILES string of the molecule is O=C(c1ccc(Cl)cc1NCC(=O)N1CCc2ccccc21)N1CCCCC1. The van der Waals surface area contributed by atoms with Gasteiger partial charge in [-0.3, -0.25) is 9.59 Å². The molecule has 2 heterocycles. The van der Waals surface area contributed by atoms with Crippen LogP contribution in [0.4, 0.5) is 11.4 Å². The summed E-state index contributed by atoms with van der Waals surface area (Å²) in [4.78, 5) is 29.4. The number of benzene rings is 2. The molecule has 2 amide bonds. The van der Waals surface area contributed by atoms with Crippen LogP contribution in [0.15, 0.2) is 42.5 Å². The maximum absolute atomic E-state index is 12.9. The van der Waals surface area contributed by atoms with Crippen molar-refractivity contribution in [1.29, 1.82) is 0 Å². The minimum atomic E-state index is -0.0127. The molecule has 2 aliphatic heterocycles. The second-order valence-corrected chi connectivity index (χ2v) is 7.76. The first-order valence-corrected chi connectivity index (χ1v) is 10.2. The van der Waals surface area contributed by atoms with E-state index in [2.05, 4.69) is 11.4 Å². The molecule has 1 saturated heterocycles. The fraction of sp³-hybridized carbons (Fsp3) is 0.364. The molecule has 4 rings (SSSR count). The van der Waals surface area contributed by atoms with Crippen LogP contribution in [0.2, 0.25) is 5.02 Å². The van der Waals surface area contributed by atoms with Gasteiger partial charge in [-0.25, -0.2) is 0 Å². The lowest BCUT2D eigenvalue weighted by Gasteiger charge is -2.27. The molecule has 6 heteroatoms. The zero-order valence-corrected chi connectivity index (χ0v) is 16.5.